The van der Waals surface area contributed by atoms with Gasteiger partial charge in [0.05, 0.1) is 0 Å². The Morgan fingerprint density at radius 3 is 2.50 bits per heavy atom. The molecule has 1 fully saturated rings. The molecule has 1 heterocycles. The van der Waals surface area contributed by atoms with Gasteiger partial charge < -0.3 is 10.8 Å². The number of carboxylic acids is 1. The Bertz CT molecular complexity index is 278. The molecule has 104 valence electrons. The van der Waals surface area contributed by atoms with Crippen LogP contribution in [0.1, 0.15) is 38.5 Å². The highest BCUT2D eigenvalue weighted by Crippen LogP contribution is 2.15. The van der Waals surface area contributed by atoms with Crippen molar-refractivity contribution in [3.8, 4) is 0 Å². The van der Waals surface area contributed by atoms with E-state index in [0.29, 0.717) is 26.1 Å². The van der Waals surface area contributed by atoms with Crippen LogP contribution in [0.15, 0.2) is 0 Å². The van der Waals surface area contributed by atoms with Crippen molar-refractivity contribution in [1.29, 1.82) is 0 Å². The number of rotatable bonds is 8. The van der Waals surface area contributed by atoms with Crippen molar-refractivity contribution in [2.45, 2.75) is 44.6 Å². The highest BCUT2D eigenvalue weighted by molar-refractivity contribution is 5.73. The maximum absolute atomic E-state index is 11.3. The molecule has 0 spiro atoms. The smallest absolute Gasteiger partial charge is 0.326 e. The van der Waals surface area contributed by atoms with Crippen LogP contribution in [0.25, 0.3) is 0 Å². The summed E-state index contributed by atoms with van der Waals surface area (Å²) in [4.78, 5) is 22.5. The number of likely N-dealkylation sites (tertiary alicyclic amines) is 1. The molecular weight excluding hydrogens is 234 g/mol. The predicted molar refractivity (Wildman–Crippen MR) is 67.4 cm³/mol. The van der Waals surface area contributed by atoms with E-state index in [-0.39, 0.29) is 4.59 Å². The van der Waals surface area contributed by atoms with Gasteiger partial charge in [0.2, 0.25) is 0 Å². The molecule has 6 heteroatoms. The molecule has 1 aliphatic rings. The van der Waals surface area contributed by atoms with E-state index >= 15 is 0 Å². The fourth-order valence-electron chi connectivity index (χ4n) is 2.39. The van der Waals surface area contributed by atoms with Crippen molar-refractivity contribution in [2.75, 3.05) is 19.6 Å². The molecule has 0 aliphatic carbocycles. The predicted octanol–water partition coefficient (Wildman–Crippen LogP) is 0.230. The lowest BCUT2D eigenvalue weighted by molar-refractivity contribution is -0.897. The van der Waals surface area contributed by atoms with Gasteiger partial charge in [-0.25, -0.2) is 4.79 Å². The van der Waals surface area contributed by atoms with Gasteiger partial charge in [0.25, 0.3) is 0 Å². The summed E-state index contributed by atoms with van der Waals surface area (Å²) in [5.41, 5.74) is 8.41. The number of hydrogen-bond acceptors (Lipinski definition) is 4. The number of carbonyl (C=O) groups is 2. The Morgan fingerprint density at radius 1 is 1.33 bits per heavy atom. The average molecular weight is 258 g/mol. The van der Waals surface area contributed by atoms with Gasteiger partial charge in [-0.15, -0.1) is 5.43 Å². The first-order chi connectivity index (χ1) is 8.63. The van der Waals surface area contributed by atoms with Crippen molar-refractivity contribution in [3.05, 3.63) is 0 Å². The van der Waals surface area contributed by atoms with Crippen molar-refractivity contribution in [3.63, 3.8) is 0 Å². The molecule has 0 unspecified atom stereocenters. The first-order valence-electron chi connectivity index (χ1n) is 6.67. The fraction of sp³-hybridized carbons (Fsp3) is 0.833. The third kappa shape index (κ3) is 4.36. The number of carbonyl (C=O) groups excluding carboxylic acids is 1. The van der Waals surface area contributed by atoms with Gasteiger partial charge in [0.15, 0.2) is 6.04 Å². The maximum Gasteiger partial charge on any atom is 0.326 e. The quantitative estimate of drug-likeness (QED) is 0.329. The SMILES string of the molecule is NCCCC[C@H](N[N+]1(C=O)CCCCC1)C(=O)O. The van der Waals surface area contributed by atoms with E-state index in [2.05, 4.69) is 5.43 Å². The van der Waals surface area contributed by atoms with Crippen molar-refractivity contribution < 1.29 is 19.3 Å². The zero-order valence-electron chi connectivity index (χ0n) is 10.8. The Morgan fingerprint density at radius 2 is 2.00 bits per heavy atom. The highest BCUT2D eigenvalue weighted by Gasteiger charge is 2.35. The summed E-state index contributed by atoms with van der Waals surface area (Å²) in [6.07, 6.45) is 5.96. The van der Waals surface area contributed by atoms with Crippen molar-refractivity contribution >= 4 is 12.4 Å². The number of nitrogens with two attached hydrogens (primary N) is 1. The summed E-state index contributed by atoms with van der Waals surface area (Å²) in [6.45, 7) is 1.94. The van der Waals surface area contributed by atoms with E-state index in [1.165, 1.54) is 0 Å². The molecule has 1 saturated heterocycles. The number of nitrogens with zero attached hydrogens (tertiary/aromatic N) is 1. The third-order valence-corrected chi connectivity index (χ3v) is 3.47. The molecule has 0 saturated carbocycles. The zero-order valence-corrected chi connectivity index (χ0v) is 10.8. The second kappa shape index (κ2) is 7.45. The lowest BCUT2D eigenvalue weighted by Crippen LogP contribution is -2.64. The number of piperidine rings is 1. The molecule has 0 bridgehead atoms. The summed E-state index contributed by atoms with van der Waals surface area (Å²) in [7, 11) is 0. The minimum atomic E-state index is -0.892. The monoisotopic (exact) mass is 258 g/mol. The first-order valence-corrected chi connectivity index (χ1v) is 6.67. The molecule has 1 amide bonds. The van der Waals surface area contributed by atoms with Gasteiger partial charge >= 0.3 is 12.4 Å². The third-order valence-electron chi connectivity index (χ3n) is 3.47. The molecular formula is C12H24N3O3+. The number of nitrogens with one attached hydrogen (secondary N) is 1. The average Bonchev–Trinajstić information content (AvgIpc) is 2.39. The summed E-state index contributed by atoms with van der Waals surface area (Å²) in [6, 6.07) is -0.667. The van der Waals surface area contributed by atoms with Crippen LogP contribution in [0, 0.1) is 0 Å². The van der Waals surface area contributed by atoms with Crippen LogP contribution in [-0.4, -0.2) is 47.8 Å². The standard InChI is InChI=1S/C12H23N3O3/c13-7-3-2-6-11(12(17)18)14-15(10-16)8-4-1-5-9-15/h10-11,14H,1-9,13H2/p+1/t11-/m0/s1. The number of quaternary nitrogens is 1. The van der Waals surface area contributed by atoms with Crippen molar-refractivity contribution in [1.82, 2.24) is 5.43 Å². The number of aliphatic carboxylic acids is 1. The molecule has 1 atom stereocenters. The summed E-state index contributed by atoms with van der Waals surface area (Å²) < 4.78 is 0.0829. The minimum Gasteiger partial charge on any atom is -0.480 e. The van der Waals surface area contributed by atoms with Crippen LogP contribution in [0.2, 0.25) is 0 Å². The Labute approximate surface area is 108 Å². The number of carboxylic acid groups (broad SMARTS) is 1. The highest BCUT2D eigenvalue weighted by atomic mass is 16.4. The Hall–Kier alpha value is -0.980. The Kier molecular flexibility index (Phi) is 6.24. The Balaban J connectivity index is 2.56. The molecule has 0 aromatic rings. The molecule has 0 aromatic heterocycles. The lowest BCUT2D eigenvalue weighted by Gasteiger charge is -2.36. The molecule has 6 nitrogen and oxygen atoms in total. The molecule has 18 heavy (non-hydrogen) atoms. The van der Waals surface area contributed by atoms with Crippen LogP contribution in [0.3, 0.4) is 0 Å². The van der Waals surface area contributed by atoms with E-state index in [0.717, 1.165) is 38.5 Å². The van der Waals surface area contributed by atoms with E-state index in [9.17, 15) is 14.7 Å². The van der Waals surface area contributed by atoms with E-state index < -0.39 is 12.0 Å². The number of unbranched alkanes of at least 4 members (excludes halogenated alkanes) is 1. The van der Waals surface area contributed by atoms with Gasteiger partial charge in [-0.05, 0) is 45.1 Å². The summed E-state index contributed by atoms with van der Waals surface area (Å²) in [5, 5.41) is 9.19. The number of hydrogen-bond donors (Lipinski definition) is 3. The molecule has 0 aromatic carbocycles. The van der Waals surface area contributed by atoms with Gasteiger partial charge in [0.1, 0.15) is 13.1 Å². The molecule has 4 N–H and O–H groups in total. The molecule has 1 rings (SSSR count). The van der Waals surface area contributed by atoms with Gasteiger partial charge in [-0.2, -0.15) is 4.59 Å². The van der Waals surface area contributed by atoms with Gasteiger partial charge in [-0.3, -0.25) is 4.79 Å². The summed E-state index contributed by atoms with van der Waals surface area (Å²) in [5.74, 6) is -0.892. The fourth-order valence-corrected chi connectivity index (χ4v) is 2.39. The molecule has 0 radical (unpaired) electrons. The second-order valence-electron chi connectivity index (χ2n) is 4.95. The van der Waals surface area contributed by atoms with Gasteiger partial charge in [0, 0.05) is 0 Å². The second-order valence-corrected chi connectivity index (χ2v) is 4.95. The topological polar surface area (TPSA) is 92.4 Å². The lowest BCUT2D eigenvalue weighted by atomic mass is 10.1. The first kappa shape index (κ1) is 15.1. The van der Waals surface area contributed by atoms with Crippen molar-refractivity contribution in [2.24, 2.45) is 5.73 Å². The van der Waals surface area contributed by atoms with E-state index in [1.54, 1.807) is 0 Å². The van der Waals surface area contributed by atoms with Crippen LogP contribution >= 0.6 is 0 Å². The van der Waals surface area contributed by atoms with E-state index in [4.69, 9.17) is 5.73 Å². The minimum absolute atomic E-state index is 0.0829. The molecule has 1 aliphatic heterocycles. The maximum atomic E-state index is 11.3. The largest absolute Gasteiger partial charge is 0.480 e. The van der Waals surface area contributed by atoms with E-state index in [1.807, 2.05) is 0 Å². The normalized spacial score (nSPS) is 20.3. The van der Waals surface area contributed by atoms with Gasteiger partial charge in [-0.1, -0.05) is 0 Å². The van der Waals surface area contributed by atoms with Crippen LogP contribution < -0.4 is 11.2 Å². The summed E-state index contributed by atoms with van der Waals surface area (Å²) >= 11 is 0. The van der Waals surface area contributed by atoms with Crippen LogP contribution in [0.4, 0.5) is 0 Å². The zero-order chi connectivity index (χ0) is 13.4. The number of amides is 1. The van der Waals surface area contributed by atoms with Crippen LogP contribution in [0.5, 0.6) is 0 Å². The van der Waals surface area contributed by atoms with Crippen LogP contribution in [-0.2, 0) is 9.59 Å².